The van der Waals surface area contributed by atoms with E-state index in [1.165, 1.54) is 6.07 Å². The molecule has 6 nitrogen and oxygen atoms in total. The molecular weight excluding hydrogens is 330 g/mol. The normalized spacial score (nSPS) is 17.5. The van der Waals surface area contributed by atoms with Gasteiger partial charge in [0.15, 0.2) is 5.78 Å². The quantitative estimate of drug-likeness (QED) is 0.578. The predicted octanol–water partition coefficient (Wildman–Crippen LogP) is 3.70. The van der Waals surface area contributed by atoms with E-state index in [4.69, 9.17) is 0 Å². The zero-order valence-electron chi connectivity index (χ0n) is 14.7. The molecular formula is C20H23N3O3. The molecule has 1 atom stereocenters. The second-order valence-electron chi connectivity index (χ2n) is 6.53. The SMILES string of the molecule is CN1CCCCC1C(=O)c1cccc(NC(=O)Nc2ccccc2O)c1. The fourth-order valence-corrected chi connectivity index (χ4v) is 3.21. The minimum absolute atomic E-state index is 0.00749. The average Bonchev–Trinajstić information content (AvgIpc) is 2.64. The molecule has 2 aromatic carbocycles. The first-order valence-electron chi connectivity index (χ1n) is 8.75. The number of amides is 2. The first kappa shape index (κ1) is 17.9. The van der Waals surface area contributed by atoms with Crippen molar-refractivity contribution in [3.63, 3.8) is 0 Å². The van der Waals surface area contributed by atoms with E-state index < -0.39 is 6.03 Å². The molecule has 1 aliphatic rings. The van der Waals surface area contributed by atoms with Crippen LogP contribution in [0.5, 0.6) is 5.75 Å². The van der Waals surface area contributed by atoms with Crippen molar-refractivity contribution in [2.45, 2.75) is 25.3 Å². The van der Waals surface area contributed by atoms with Crippen molar-refractivity contribution < 1.29 is 14.7 Å². The molecule has 2 amide bonds. The summed E-state index contributed by atoms with van der Waals surface area (Å²) in [6, 6.07) is 12.9. The Labute approximate surface area is 152 Å². The minimum atomic E-state index is -0.481. The Morgan fingerprint density at radius 1 is 1.08 bits per heavy atom. The van der Waals surface area contributed by atoms with Crippen LogP contribution in [0.1, 0.15) is 29.6 Å². The highest BCUT2D eigenvalue weighted by Gasteiger charge is 2.26. The van der Waals surface area contributed by atoms with Gasteiger partial charge in [-0.1, -0.05) is 30.7 Å². The van der Waals surface area contributed by atoms with Gasteiger partial charge in [0.05, 0.1) is 11.7 Å². The van der Waals surface area contributed by atoms with Crippen LogP contribution in [0.4, 0.5) is 16.2 Å². The number of nitrogens with one attached hydrogen (secondary N) is 2. The second kappa shape index (κ2) is 8.01. The van der Waals surface area contributed by atoms with Crippen LogP contribution in [0, 0.1) is 0 Å². The molecule has 0 spiro atoms. The van der Waals surface area contributed by atoms with Gasteiger partial charge in [0.2, 0.25) is 0 Å². The lowest BCUT2D eigenvalue weighted by molar-refractivity contribution is 0.0798. The van der Waals surface area contributed by atoms with Gasteiger partial charge in [-0.25, -0.2) is 4.79 Å². The number of likely N-dealkylation sites (tertiary alicyclic amines) is 1. The number of ketones is 1. The summed E-state index contributed by atoms with van der Waals surface area (Å²) in [4.78, 5) is 27.0. The molecule has 0 aliphatic carbocycles. The van der Waals surface area contributed by atoms with Crippen LogP contribution < -0.4 is 10.6 Å². The molecule has 26 heavy (non-hydrogen) atoms. The van der Waals surface area contributed by atoms with E-state index in [9.17, 15) is 14.7 Å². The van der Waals surface area contributed by atoms with Gasteiger partial charge >= 0.3 is 6.03 Å². The number of Topliss-reactive ketones (excluding diaryl/α,β-unsaturated/α-hetero) is 1. The number of benzene rings is 2. The molecule has 1 saturated heterocycles. The number of piperidine rings is 1. The molecule has 3 N–H and O–H groups in total. The van der Waals surface area contributed by atoms with Gasteiger partial charge in [0.25, 0.3) is 0 Å². The fraction of sp³-hybridized carbons (Fsp3) is 0.300. The Morgan fingerprint density at radius 3 is 2.65 bits per heavy atom. The molecule has 2 aromatic rings. The summed E-state index contributed by atoms with van der Waals surface area (Å²) >= 11 is 0. The van der Waals surface area contributed by atoms with Crippen molar-refractivity contribution in [1.82, 2.24) is 4.90 Å². The smallest absolute Gasteiger partial charge is 0.323 e. The van der Waals surface area contributed by atoms with Gasteiger partial charge in [0.1, 0.15) is 5.75 Å². The summed E-state index contributed by atoms with van der Waals surface area (Å²) in [5.74, 6) is 0.0730. The molecule has 3 rings (SSSR count). The zero-order chi connectivity index (χ0) is 18.5. The largest absolute Gasteiger partial charge is 0.506 e. The summed E-state index contributed by atoms with van der Waals surface area (Å²) in [5, 5.41) is 15.0. The number of phenols is 1. The lowest BCUT2D eigenvalue weighted by atomic mass is 9.95. The van der Waals surface area contributed by atoms with Crippen molar-refractivity contribution in [3.8, 4) is 5.75 Å². The summed E-state index contributed by atoms with van der Waals surface area (Å²) in [6.07, 6.45) is 3.04. The fourth-order valence-electron chi connectivity index (χ4n) is 3.21. The second-order valence-corrected chi connectivity index (χ2v) is 6.53. The van der Waals surface area contributed by atoms with Crippen LogP contribution >= 0.6 is 0 Å². The van der Waals surface area contributed by atoms with Gasteiger partial charge in [-0.15, -0.1) is 0 Å². The Bertz CT molecular complexity index is 806. The Balaban J connectivity index is 1.68. The number of likely N-dealkylation sites (N-methyl/N-ethyl adjacent to an activating group) is 1. The van der Waals surface area contributed by atoms with E-state index in [1.807, 2.05) is 7.05 Å². The number of carbonyl (C=O) groups excluding carboxylic acids is 2. The predicted molar refractivity (Wildman–Crippen MR) is 102 cm³/mol. The summed E-state index contributed by atoms with van der Waals surface area (Å²) in [5.41, 5.74) is 1.44. The maximum atomic E-state index is 12.8. The highest BCUT2D eigenvalue weighted by Crippen LogP contribution is 2.23. The number of aromatic hydroxyl groups is 1. The van der Waals surface area contributed by atoms with E-state index in [1.54, 1.807) is 42.5 Å². The van der Waals surface area contributed by atoms with Gasteiger partial charge in [-0.2, -0.15) is 0 Å². The van der Waals surface area contributed by atoms with Crippen molar-refractivity contribution in [2.75, 3.05) is 24.2 Å². The zero-order valence-corrected chi connectivity index (χ0v) is 14.7. The van der Waals surface area contributed by atoms with Gasteiger partial charge < -0.3 is 15.7 Å². The van der Waals surface area contributed by atoms with Crippen molar-refractivity contribution in [2.24, 2.45) is 0 Å². The molecule has 0 saturated carbocycles. The maximum absolute atomic E-state index is 12.8. The molecule has 1 heterocycles. The average molecular weight is 353 g/mol. The van der Waals surface area contributed by atoms with Gasteiger partial charge in [-0.05, 0) is 50.7 Å². The third-order valence-corrected chi connectivity index (χ3v) is 4.63. The standard InChI is InChI=1S/C20H23N3O3/c1-23-12-5-4-10-17(23)19(25)14-7-6-8-15(13-14)21-20(26)22-16-9-2-3-11-18(16)24/h2-3,6-9,11,13,17,24H,4-5,10,12H2,1H3,(H2,21,22,26). The van der Waals surface area contributed by atoms with Crippen LogP contribution in [-0.4, -0.2) is 41.5 Å². The lowest BCUT2D eigenvalue weighted by Gasteiger charge is -2.31. The van der Waals surface area contributed by atoms with Gasteiger partial charge in [-0.3, -0.25) is 9.69 Å². The molecule has 0 radical (unpaired) electrons. The number of phenolic OH excluding ortho intramolecular Hbond substituents is 1. The van der Waals surface area contributed by atoms with E-state index >= 15 is 0 Å². The number of carbonyl (C=O) groups is 2. The number of anilines is 2. The highest BCUT2D eigenvalue weighted by molar-refractivity contribution is 6.03. The third kappa shape index (κ3) is 4.21. The Hall–Kier alpha value is -2.86. The molecule has 6 heteroatoms. The number of para-hydroxylation sites is 2. The number of hydrogen-bond donors (Lipinski definition) is 3. The number of nitrogens with zero attached hydrogens (tertiary/aromatic N) is 1. The lowest BCUT2D eigenvalue weighted by Crippen LogP contribution is -2.42. The molecule has 1 aliphatic heterocycles. The van der Waals surface area contributed by atoms with Crippen LogP contribution in [0.15, 0.2) is 48.5 Å². The highest BCUT2D eigenvalue weighted by atomic mass is 16.3. The van der Waals surface area contributed by atoms with Crippen LogP contribution in [-0.2, 0) is 0 Å². The van der Waals surface area contributed by atoms with E-state index in [0.29, 0.717) is 16.9 Å². The van der Waals surface area contributed by atoms with Crippen molar-refractivity contribution in [1.29, 1.82) is 0 Å². The number of hydrogen-bond acceptors (Lipinski definition) is 4. The van der Waals surface area contributed by atoms with E-state index in [-0.39, 0.29) is 17.6 Å². The van der Waals surface area contributed by atoms with Crippen molar-refractivity contribution >= 4 is 23.2 Å². The molecule has 0 aromatic heterocycles. The van der Waals surface area contributed by atoms with Crippen molar-refractivity contribution in [3.05, 3.63) is 54.1 Å². The molecule has 1 fully saturated rings. The van der Waals surface area contributed by atoms with Crippen LogP contribution in [0.3, 0.4) is 0 Å². The molecule has 1 unspecified atom stereocenters. The number of rotatable bonds is 4. The van der Waals surface area contributed by atoms with Crippen LogP contribution in [0.25, 0.3) is 0 Å². The number of urea groups is 1. The van der Waals surface area contributed by atoms with Crippen LogP contribution in [0.2, 0.25) is 0 Å². The third-order valence-electron chi connectivity index (χ3n) is 4.63. The summed E-state index contributed by atoms with van der Waals surface area (Å²) in [7, 11) is 1.98. The first-order chi connectivity index (χ1) is 12.5. The Morgan fingerprint density at radius 2 is 1.88 bits per heavy atom. The first-order valence-corrected chi connectivity index (χ1v) is 8.75. The molecule has 0 bridgehead atoms. The van der Waals surface area contributed by atoms with E-state index in [0.717, 1.165) is 25.8 Å². The summed E-state index contributed by atoms with van der Waals surface area (Å²) in [6.45, 7) is 0.928. The van der Waals surface area contributed by atoms with Gasteiger partial charge in [0, 0.05) is 11.3 Å². The molecule has 136 valence electrons. The maximum Gasteiger partial charge on any atom is 0.323 e. The minimum Gasteiger partial charge on any atom is -0.506 e. The summed E-state index contributed by atoms with van der Waals surface area (Å²) < 4.78 is 0. The van der Waals surface area contributed by atoms with E-state index in [2.05, 4.69) is 15.5 Å². The monoisotopic (exact) mass is 353 g/mol. The topological polar surface area (TPSA) is 81.7 Å². The Kier molecular flexibility index (Phi) is 5.53.